The third-order valence-corrected chi connectivity index (χ3v) is 4.10. The van der Waals surface area contributed by atoms with Crippen molar-refractivity contribution in [1.82, 2.24) is 4.90 Å². The van der Waals surface area contributed by atoms with Crippen molar-refractivity contribution in [2.24, 2.45) is 0 Å². The summed E-state index contributed by atoms with van der Waals surface area (Å²) in [5.74, 6) is 0.00963. The third-order valence-electron chi connectivity index (χ3n) is 3.43. The summed E-state index contributed by atoms with van der Waals surface area (Å²) in [5, 5.41) is 8.98. The van der Waals surface area contributed by atoms with Crippen LogP contribution in [-0.2, 0) is 4.79 Å². The van der Waals surface area contributed by atoms with Crippen molar-refractivity contribution < 1.29 is 4.79 Å². The highest BCUT2D eigenvalue weighted by atomic mass is 79.9. The molecule has 1 aliphatic rings. The maximum absolute atomic E-state index is 12.3. The molecule has 0 aromatic heterocycles. The first-order valence-electron chi connectivity index (χ1n) is 6.21. The van der Waals surface area contributed by atoms with E-state index in [9.17, 15) is 4.79 Å². The van der Waals surface area contributed by atoms with Gasteiger partial charge in [0.25, 0.3) is 0 Å². The van der Waals surface area contributed by atoms with Crippen molar-refractivity contribution >= 4 is 27.5 Å². The summed E-state index contributed by atoms with van der Waals surface area (Å²) < 4.78 is 0.946. The maximum Gasteiger partial charge on any atom is 0.246 e. The monoisotopic (exact) mass is 321 g/mol. The minimum Gasteiger partial charge on any atom is -0.353 e. The predicted octanol–water partition coefficient (Wildman–Crippen LogP) is 2.40. The van der Waals surface area contributed by atoms with Crippen LogP contribution in [0, 0.1) is 11.3 Å². The second kappa shape index (κ2) is 5.62. The van der Waals surface area contributed by atoms with Crippen molar-refractivity contribution in [2.75, 3.05) is 18.5 Å². The number of benzene rings is 1. The number of halogens is 1. The van der Waals surface area contributed by atoms with E-state index in [4.69, 9.17) is 5.26 Å². The van der Waals surface area contributed by atoms with Crippen molar-refractivity contribution in [3.63, 3.8) is 0 Å². The number of likely N-dealkylation sites (N-methyl/N-ethyl adjacent to an activating group) is 1. The topological polar surface area (TPSA) is 47.3 Å². The van der Waals surface area contributed by atoms with Crippen LogP contribution in [0.15, 0.2) is 28.7 Å². The molecule has 0 N–H and O–H groups in total. The molecule has 0 spiro atoms. The zero-order chi connectivity index (χ0) is 14.0. The molecule has 1 aromatic carbocycles. The van der Waals surface area contributed by atoms with E-state index < -0.39 is 6.04 Å². The van der Waals surface area contributed by atoms with Gasteiger partial charge >= 0.3 is 0 Å². The molecule has 2 rings (SSSR count). The fourth-order valence-corrected chi connectivity index (χ4v) is 3.08. The molecule has 0 aliphatic carbocycles. The Balaban J connectivity index is 2.43. The molecule has 1 amide bonds. The number of rotatable bonds is 2. The Morgan fingerprint density at radius 3 is 2.79 bits per heavy atom. The highest BCUT2D eigenvalue weighted by Gasteiger charge is 2.37. The number of piperazine rings is 1. The average molecular weight is 322 g/mol. The van der Waals surface area contributed by atoms with E-state index in [-0.39, 0.29) is 18.4 Å². The summed E-state index contributed by atoms with van der Waals surface area (Å²) >= 11 is 3.52. The Morgan fingerprint density at radius 2 is 2.16 bits per heavy atom. The number of hydrogen-bond donors (Lipinski definition) is 0. The molecule has 5 heteroatoms. The zero-order valence-electron chi connectivity index (χ0n) is 11.0. The van der Waals surface area contributed by atoms with Crippen molar-refractivity contribution in [1.29, 1.82) is 5.26 Å². The van der Waals surface area contributed by atoms with Gasteiger partial charge in [0.2, 0.25) is 5.91 Å². The Morgan fingerprint density at radius 1 is 1.47 bits per heavy atom. The van der Waals surface area contributed by atoms with Gasteiger partial charge in [-0.05, 0) is 35.0 Å². The lowest BCUT2D eigenvalue weighted by Gasteiger charge is -2.44. The van der Waals surface area contributed by atoms with E-state index in [0.717, 1.165) is 10.2 Å². The van der Waals surface area contributed by atoms with Gasteiger partial charge in [0.1, 0.15) is 6.04 Å². The zero-order valence-corrected chi connectivity index (χ0v) is 12.6. The number of carbonyl (C=O) groups is 1. The molecule has 0 radical (unpaired) electrons. The average Bonchev–Trinajstić information content (AvgIpc) is 2.38. The summed E-state index contributed by atoms with van der Waals surface area (Å²) in [6.45, 7) is 2.74. The highest BCUT2D eigenvalue weighted by Crippen LogP contribution is 2.32. The van der Waals surface area contributed by atoms with E-state index in [1.54, 1.807) is 11.9 Å². The largest absolute Gasteiger partial charge is 0.353 e. The van der Waals surface area contributed by atoms with Gasteiger partial charge in [-0.3, -0.25) is 4.79 Å². The summed E-state index contributed by atoms with van der Waals surface area (Å²) in [6.07, 6.45) is 0.203. The van der Waals surface area contributed by atoms with Crippen LogP contribution in [0.2, 0.25) is 0 Å². The Kier molecular flexibility index (Phi) is 4.11. The van der Waals surface area contributed by atoms with Gasteiger partial charge in [0, 0.05) is 24.1 Å². The SMILES string of the molecule is CC1CN(C)C(=O)C(CC#N)N1c1ccccc1Br. The van der Waals surface area contributed by atoms with Crippen LogP contribution in [0.1, 0.15) is 13.3 Å². The van der Waals surface area contributed by atoms with Crippen LogP contribution in [-0.4, -0.2) is 36.5 Å². The second-order valence-corrected chi connectivity index (χ2v) is 5.66. The molecule has 4 nitrogen and oxygen atoms in total. The van der Waals surface area contributed by atoms with Crippen LogP contribution in [0.5, 0.6) is 0 Å². The van der Waals surface area contributed by atoms with Gasteiger partial charge in [-0.25, -0.2) is 0 Å². The Bertz CT molecular complexity index is 526. The van der Waals surface area contributed by atoms with Crippen LogP contribution in [0.25, 0.3) is 0 Å². The van der Waals surface area contributed by atoms with Crippen molar-refractivity contribution in [3.05, 3.63) is 28.7 Å². The molecule has 1 aliphatic heterocycles. The molecular formula is C14H16BrN3O. The first kappa shape index (κ1) is 13.9. The predicted molar refractivity (Wildman–Crippen MR) is 77.7 cm³/mol. The van der Waals surface area contributed by atoms with E-state index >= 15 is 0 Å². The molecule has 0 saturated carbocycles. The molecular weight excluding hydrogens is 306 g/mol. The lowest BCUT2D eigenvalue weighted by atomic mass is 10.0. The van der Waals surface area contributed by atoms with Crippen molar-refractivity contribution in [2.45, 2.75) is 25.4 Å². The molecule has 1 saturated heterocycles. The molecule has 100 valence electrons. The molecule has 0 bridgehead atoms. The summed E-state index contributed by atoms with van der Waals surface area (Å²) in [7, 11) is 1.79. The van der Waals surface area contributed by atoms with Gasteiger partial charge in [0.15, 0.2) is 0 Å². The number of nitrogens with zero attached hydrogens (tertiary/aromatic N) is 3. The first-order valence-corrected chi connectivity index (χ1v) is 7.00. The van der Waals surface area contributed by atoms with Crippen LogP contribution < -0.4 is 4.90 Å². The molecule has 19 heavy (non-hydrogen) atoms. The van der Waals surface area contributed by atoms with E-state index in [0.29, 0.717) is 6.54 Å². The molecule has 2 atom stereocenters. The van der Waals surface area contributed by atoms with Crippen LogP contribution in [0.4, 0.5) is 5.69 Å². The number of nitriles is 1. The van der Waals surface area contributed by atoms with Gasteiger partial charge < -0.3 is 9.80 Å². The standard InChI is InChI=1S/C14H16BrN3O/c1-10-9-17(2)14(19)13(7-8-16)18(10)12-6-4-3-5-11(12)15/h3-6,10,13H,7,9H2,1-2H3. The number of hydrogen-bond acceptors (Lipinski definition) is 3. The minimum absolute atomic E-state index is 0.00963. The highest BCUT2D eigenvalue weighted by molar-refractivity contribution is 9.10. The van der Waals surface area contributed by atoms with Gasteiger partial charge in [-0.2, -0.15) is 5.26 Å². The quantitative estimate of drug-likeness (QED) is 0.840. The van der Waals surface area contributed by atoms with Crippen LogP contribution in [0.3, 0.4) is 0 Å². The molecule has 1 aromatic rings. The van der Waals surface area contributed by atoms with Gasteiger partial charge in [-0.1, -0.05) is 12.1 Å². The maximum atomic E-state index is 12.3. The van der Waals surface area contributed by atoms with Crippen molar-refractivity contribution in [3.8, 4) is 6.07 Å². The normalized spacial score (nSPS) is 23.4. The lowest BCUT2D eigenvalue weighted by Crippen LogP contribution is -2.60. The van der Waals surface area contributed by atoms with Crippen LogP contribution >= 0.6 is 15.9 Å². The van der Waals surface area contributed by atoms with E-state index in [2.05, 4.69) is 33.8 Å². The van der Waals surface area contributed by atoms with E-state index in [1.807, 2.05) is 24.3 Å². The van der Waals surface area contributed by atoms with Gasteiger partial charge in [-0.15, -0.1) is 0 Å². The summed E-state index contributed by atoms with van der Waals surface area (Å²) in [5.41, 5.74) is 0.969. The number of para-hydroxylation sites is 1. The lowest BCUT2D eigenvalue weighted by molar-refractivity contribution is -0.133. The minimum atomic E-state index is -0.405. The summed E-state index contributed by atoms with van der Waals surface area (Å²) in [4.78, 5) is 16.0. The number of carbonyl (C=O) groups excluding carboxylic acids is 1. The number of anilines is 1. The Hall–Kier alpha value is -1.54. The first-order chi connectivity index (χ1) is 9.06. The summed E-state index contributed by atoms with van der Waals surface area (Å²) in [6, 6.07) is 9.71. The van der Waals surface area contributed by atoms with E-state index in [1.165, 1.54) is 0 Å². The fourth-order valence-electron chi connectivity index (χ4n) is 2.59. The third kappa shape index (κ3) is 2.59. The smallest absolute Gasteiger partial charge is 0.246 e. The molecule has 1 fully saturated rings. The second-order valence-electron chi connectivity index (χ2n) is 4.80. The Labute approximate surface area is 121 Å². The number of amides is 1. The van der Waals surface area contributed by atoms with Gasteiger partial charge in [0.05, 0.1) is 18.2 Å². The molecule has 1 heterocycles. The fraction of sp³-hybridized carbons (Fsp3) is 0.429. The molecule has 2 unspecified atom stereocenters.